The molecule has 84 valence electrons. The Labute approximate surface area is 89.6 Å². The van der Waals surface area contributed by atoms with Gasteiger partial charge in [0.15, 0.2) is 0 Å². The van der Waals surface area contributed by atoms with Crippen LogP contribution >= 0.6 is 0 Å². The zero-order valence-electron chi connectivity index (χ0n) is 9.28. The lowest BCUT2D eigenvalue weighted by Gasteiger charge is -2.25. The first kappa shape index (κ1) is 11.8. The Balaban J connectivity index is 3.34. The quantitative estimate of drug-likeness (QED) is 0.775. The Morgan fingerprint density at radius 1 is 1.27 bits per heavy atom. The molecule has 0 saturated heterocycles. The number of benzene rings is 1. The molecule has 0 radical (unpaired) electrons. The van der Waals surface area contributed by atoms with E-state index in [1.807, 2.05) is 0 Å². The lowest BCUT2D eigenvalue weighted by atomic mass is 9.94. The molecule has 0 saturated carbocycles. The third-order valence-corrected chi connectivity index (χ3v) is 2.36. The fourth-order valence-corrected chi connectivity index (χ4v) is 1.48. The highest BCUT2D eigenvalue weighted by Crippen LogP contribution is 2.36. The monoisotopic (exact) mass is 211 g/mol. The molecule has 4 nitrogen and oxygen atoms in total. The van der Waals surface area contributed by atoms with Crippen LogP contribution in [0.15, 0.2) is 18.2 Å². The number of ether oxygens (including phenoxy) is 2. The minimum atomic E-state index is -1.15. The summed E-state index contributed by atoms with van der Waals surface area (Å²) in [6, 6.07) is 5.33. The fourth-order valence-electron chi connectivity index (χ4n) is 1.48. The number of hydrogen-bond donors (Lipinski definition) is 2. The lowest BCUT2D eigenvalue weighted by molar-refractivity contribution is 0.0612. The molecule has 0 aliphatic rings. The van der Waals surface area contributed by atoms with E-state index in [1.54, 1.807) is 39.3 Å². The van der Waals surface area contributed by atoms with E-state index in [1.165, 1.54) is 0 Å². The zero-order valence-corrected chi connectivity index (χ0v) is 9.28. The van der Waals surface area contributed by atoms with Crippen molar-refractivity contribution in [2.45, 2.75) is 12.5 Å². The summed E-state index contributed by atoms with van der Waals surface area (Å²) in [5, 5.41) is 10.1. The number of nitrogens with two attached hydrogens (primary N) is 1. The molecule has 15 heavy (non-hydrogen) atoms. The Morgan fingerprint density at radius 3 is 2.07 bits per heavy atom. The van der Waals surface area contributed by atoms with Crippen LogP contribution < -0.4 is 15.2 Å². The van der Waals surface area contributed by atoms with Crippen molar-refractivity contribution in [3.8, 4) is 11.5 Å². The van der Waals surface area contributed by atoms with Crippen molar-refractivity contribution in [2.24, 2.45) is 5.73 Å². The van der Waals surface area contributed by atoms with Crippen LogP contribution in [0.4, 0.5) is 0 Å². The van der Waals surface area contributed by atoms with E-state index in [2.05, 4.69) is 0 Å². The van der Waals surface area contributed by atoms with E-state index < -0.39 is 5.60 Å². The molecule has 0 bridgehead atoms. The molecule has 3 N–H and O–H groups in total. The topological polar surface area (TPSA) is 64.7 Å². The summed E-state index contributed by atoms with van der Waals surface area (Å²) in [6.45, 7) is 1.73. The second-order valence-corrected chi connectivity index (χ2v) is 3.52. The third-order valence-electron chi connectivity index (χ3n) is 2.36. The number of aliphatic hydroxyl groups is 1. The van der Waals surface area contributed by atoms with Gasteiger partial charge in [-0.15, -0.1) is 0 Å². The van der Waals surface area contributed by atoms with E-state index in [0.29, 0.717) is 17.1 Å². The van der Waals surface area contributed by atoms with Gasteiger partial charge in [-0.3, -0.25) is 0 Å². The molecule has 1 atom stereocenters. The van der Waals surface area contributed by atoms with Crippen molar-refractivity contribution in [3.63, 3.8) is 0 Å². The molecular weight excluding hydrogens is 194 g/mol. The first-order valence-electron chi connectivity index (χ1n) is 4.70. The Bertz CT molecular complexity index is 314. The van der Waals surface area contributed by atoms with Crippen LogP contribution in [-0.2, 0) is 5.60 Å². The third kappa shape index (κ3) is 2.22. The average molecular weight is 211 g/mol. The van der Waals surface area contributed by atoms with Gasteiger partial charge in [0, 0.05) is 6.54 Å². The van der Waals surface area contributed by atoms with E-state index in [9.17, 15) is 5.11 Å². The predicted octanol–water partition coefficient (Wildman–Crippen LogP) is 0.870. The van der Waals surface area contributed by atoms with Crippen LogP contribution in [0.5, 0.6) is 11.5 Å². The molecule has 1 unspecified atom stereocenters. The Hall–Kier alpha value is -1.26. The maximum Gasteiger partial charge on any atom is 0.128 e. The molecule has 0 fully saturated rings. The van der Waals surface area contributed by atoms with Gasteiger partial charge in [-0.2, -0.15) is 0 Å². The molecule has 0 aliphatic carbocycles. The van der Waals surface area contributed by atoms with Gasteiger partial charge in [-0.25, -0.2) is 0 Å². The summed E-state index contributed by atoms with van der Waals surface area (Å²) >= 11 is 0. The van der Waals surface area contributed by atoms with Gasteiger partial charge in [0.25, 0.3) is 0 Å². The fraction of sp³-hybridized carbons (Fsp3) is 0.455. The highest BCUT2D eigenvalue weighted by molar-refractivity contribution is 5.48. The maximum atomic E-state index is 10.1. The van der Waals surface area contributed by atoms with Crippen LogP contribution in [0.2, 0.25) is 0 Å². The van der Waals surface area contributed by atoms with Gasteiger partial charge in [0.05, 0.1) is 19.8 Å². The van der Waals surface area contributed by atoms with Gasteiger partial charge in [-0.1, -0.05) is 6.07 Å². The van der Waals surface area contributed by atoms with Gasteiger partial charge >= 0.3 is 0 Å². The number of hydrogen-bond acceptors (Lipinski definition) is 4. The predicted molar refractivity (Wildman–Crippen MR) is 58.2 cm³/mol. The van der Waals surface area contributed by atoms with Crippen LogP contribution in [0, 0.1) is 0 Å². The minimum absolute atomic E-state index is 0.101. The van der Waals surface area contributed by atoms with Crippen molar-refractivity contribution in [2.75, 3.05) is 20.8 Å². The van der Waals surface area contributed by atoms with Crippen molar-refractivity contribution in [1.82, 2.24) is 0 Å². The molecule has 0 aromatic heterocycles. The van der Waals surface area contributed by atoms with E-state index in [0.717, 1.165) is 0 Å². The van der Waals surface area contributed by atoms with Crippen LogP contribution in [0.3, 0.4) is 0 Å². The Kier molecular flexibility index (Phi) is 3.55. The number of rotatable bonds is 4. The summed E-state index contributed by atoms with van der Waals surface area (Å²) < 4.78 is 10.4. The summed E-state index contributed by atoms with van der Waals surface area (Å²) in [7, 11) is 3.09. The molecule has 1 rings (SSSR count). The highest BCUT2D eigenvalue weighted by Gasteiger charge is 2.28. The van der Waals surface area contributed by atoms with Gasteiger partial charge in [-0.05, 0) is 19.1 Å². The van der Waals surface area contributed by atoms with Crippen molar-refractivity contribution >= 4 is 0 Å². The SMILES string of the molecule is COc1cccc(OC)c1C(C)(O)CN. The van der Waals surface area contributed by atoms with E-state index in [4.69, 9.17) is 15.2 Å². The molecule has 0 spiro atoms. The molecule has 1 aromatic carbocycles. The normalized spacial score (nSPS) is 14.5. The highest BCUT2D eigenvalue weighted by atomic mass is 16.5. The molecule has 4 heteroatoms. The average Bonchev–Trinajstić information content (AvgIpc) is 2.27. The second kappa shape index (κ2) is 4.51. The first-order valence-corrected chi connectivity index (χ1v) is 4.70. The van der Waals surface area contributed by atoms with Crippen molar-refractivity contribution in [3.05, 3.63) is 23.8 Å². The Morgan fingerprint density at radius 2 is 1.73 bits per heavy atom. The second-order valence-electron chi connectivity index (χ2n) is 3.52. The molecular formula is C11H17NO3. The molecule has 1 aromatic rings. The first-order chi connectivity index (χ1) is 7.06. The summed E-state index contributed by atoms with van der Waals surface area (Å²) in [5.74, 6) is 1.15. The van der Waals surface area contributed by atoms with Crippen LogP contribution in [-0.4, -0.2) is 25.9 Å². The van der Waals surface area contributed by atoms with Crippen LogP contribution in [0.25, 0.3) is 0 Å². The maximum absolute atomic E-state index is 10.1. The van der Waals surface area contributed by atoms with Gasteiger partial charge in [0.1, 0.15) is 17.1 Å². The molecule has 0 aliphatic heterocycles. The largest absolute Gasteiger partial charge is 0.496 e. The summed E-state index contributed by atoms with van der Waals surface area (Å²) in [6.07, 6.45) is 0. The van der Waals surface area contributed by atoms with Crippen molar-refractivity contribution in [1.29, 1.82) is 0 Å². The summed E-state index contributed by atoms with van der Waals surface area (Å²) in [4.78, 5) is 0. The van der Waals surface area contributed by atoms with E-state index in [-0.39, 0.29) is 6.54 Å². The summed E-state index contributed by atoms with van der Waals surface area (Å²) in [5.41, 5.74) is 4.95. The smallest absolute Gasteiger partial charge is 0.128 e. The molecule has 0 amide bonds. The van der Waals surface area contributed by atoms with E-state index >= 15 is 0 Å². The lowest BCUT2D eigenvalue weighted by Crippen LogP contribution is -2.32. The van der Waals surface area contributed by atoms with Gasteiger partial charge in [0.2, 0.25) is 0 Å². The van der Waals surface area contributed by atoms with Gasteiger partial charge < -0.3 is 20.3 Å². The van der Waals surface area contributed by atoms with Crippen molar-refractivity contribution < 1.29 is 14.6 Å². The van der Waals surface area contributed by atoms with Crippen LogP contribution in [0.1, 0.15) is 12.5 Å². The minimum Gasteiger partial charge on any atom is -0.496 e. The standard InChI is InChI=1S/C11H17NO3/c1-11(13,7-12)10-8(14-2)5-4-6-9(10)15-3/h4-6,13H,7,12H2,1-3H3. The number of methoxy groups -OCH3 is 2. The molecule has 0 heterocycles. The zero-order chi connectivity index (χ0) is 11.5.